The molecule has 1 saturated carbocycles. The van der Waals surface area contributed by atoms with Crippen molar-refractivity contribution in [1.82, 2.24) is 10.2 Å². The topological polar surface area (TPSA) is 52.6 Å². The molecule has 1 aliphatic carbocycles. The summed E-state index contributed by atoms with van der Waals surface area (Å²) < 4.78 is 0. The van der Waals surface area contributed by atoms with Gasteiger partial charge in [-0.05, 0) is 19.9 Å². The van der Waals surface area contributed by atoms with Crippen LogP contribution in [0, 0.1) is 0 Å². The first-order valence-electron chi connectivity index (χ1n) is 4.84. The third-order valence-electron chi connectivity index (χ3n) is 2.24. The second kappa shape index (κ2) is 5.19. The van der Waals surface area contributed by atoms with Crippen molar-refractivity contribution in [1.29, 1.82) is 0 Å². The number of carbonyl (C=O) groups is 1. The summed E-state index contributed by atoms with van der Waals surface area (Å²) in [6.07, 6.45) is 2.74. The van der Waals surface area contributed by atoms with Crippen LogP contribution >= 0.6 is 0 Å². The van der Waals surface area contributed by atoms with E-state index in [1.165, 1.54) is 0 Å². The van der Waals surface area contributed by atoms with E-state index < -0.39 is 0 Å². The monoisotopic (exact) mass is 186 g/mol. The van der Waals surface area contributed by atoms with E-state index in [0.29, 0.717) is 25.6 Å². The Bertz CT molecular complexity index is 169. The number of nitrogens with one attached hydrogen (secondary N) is 1. The summed E-state index contributed by atoms with van der Waals surface area (Å²) in [5.41, 5.74) is 0. The molecule has 4 heteroatoms. The van der Waals surface area contributed by atoms with Crippen LogP contribution in [0.5, 0.6) is 0 Å². The lowest BCUT2D eigenvalue weighted by atomic mass is 10.3. The number of aliphatic hydroxyl groups is 1. The Kier molecular flexibility index (Phi) is 4.18. The van der Waals surface area contributed by atoms with Crippen molar-refractivity contribution in [2.75, 3.05) is 26.7 Å². The van der Waals surface area contributed by atoms with Crippen molar-refractivity contribution >= 4 is 5.91 Å². The number of amides is 1. The minimum atomic E-state index is 0.0712. The lowest BCUT2D eigenvalue weighted by Crippen LogP contribution is -2.36. The summed E-state index contributed by atoms with van der Waals surface area (Å²) >= 11 is 0. The van der Waals surface area contributed by atoms with E-state index in [4.69, 9.17) is 5.11 Å². The highest BCUT2D eigenvalue weighted by atomic mass is 16.3. The molecule has 0 radical (unpaired) electrons. The molecule has 0 heterocycles. The summed E-state index contributed by atoms with van der Waals surface area (Å²) in [6, 6.07) is 0.413. The highest BCUT2D eigenvalue weighted by Gasteiger charge is 2.31. The molecular weight excluding hydrogens is 168 g/mol. The number of rotatable bonds is 6. The van der Waals surface area contributed by atoms with Crippen molar-refractivity contribution in [3.63, 3.8) is 0 Å². The molecule has 1 aliphatic rings. The number of nitrogens with zero attached hydrogens (tertiary/aromatic N) is 1. The van der Waals surface area contributed by atoms with Gasteiger partial charge < -0.3 is 15.3 Å². The minimum Gasteiger partial charge on any atom is -0.395 e. The molecule has 1 fully saturated rings. The summed E-state index contributed by atoms with van der Waals surface area (Å²) in [6.45, 7) is 1.28. The van der Waals surface area contributed by atoms with Gasteiger partial charge in [0.2, 0.25) is 5.91 Å². The van der Waals surface area contributed by atoms with Gasteiger partial charge in [0, 0.05) is 25.6 Å². The summed E-state index contributed by atoms with van der Waals surface area (Å²) in [4.78, 5) is 13.4. The maximum atomic E-state index is 11.5. The minimum absolute atomic E-state index is 0.0712. The van der Waals surface area contributed by atoms with Crippen molar-refractivity contribution in [3.05, 3.63) is 0 Å². The van der Waals surface area contributed by atoms with Crippen LogP contribution in [0.1, 0.15) is 19.3 Å². The molecule has 13 heavy (non-hydrogen) atoms. The van der Waals surface area contributed by atoms with Crippen LogP contribution in [0.15, 0.2) is 0 Å². The second-order valence-electron chi connectivity index (χ2n) is 3.40. The largest absolute Gasteiger partial charge is 0.395 e. The molecule has 2 N–H and O–H groups in total. The fourth-order valence-electron chi connectivity index (χ4n) is 1.38. The van der Waals surface area contributed by atoms with Gasteiger partial charge in [0.25, 0.3) is 0 Å². The Morgan fingerprint density at radius 2 is 2.31 bits per heavy atom. The van der Waals surface area contributed by atoms with Crippen LogP contribution in [0.3, 0.4) is 0 Å². The van der Waals surface area contributed by atoms with Crippen LogP contribution in [-0.2, 0) is 4.79 Å². The molecule has 4 nitrogen and oxygen atoms in total. The summed E-state index contributed by atoms with van der Waals surface area (Å²) in [5, 5.41) is 11.7. The maximum absolute atomic E-state index is 11.5. The molecule has 0 atom stereocenters. The van der Waals surface area contributed by atoms with Gasteiger partial charge in [-0.1, -0.05) is 0 Å². The predicted octanol–water partition coefficient (Wildman–Crippen LogP) is -0.421. The summed E-state index contributed by atoms with van der Waals surface area (Å²) in [7, 11) is 1.83. The molecule has 0 spiro atoms. The van der Waals surface area contributed by atoms with E-state index >= 15 is 0 Å². The molecule has 0 aromatic heterocycles. The zero-order valence-electron chi connectivity index (χ0n) is 8.12. The second-order valence-corrected chi connectivity index (χ2v) is 3.40. The first-order valence-corrected chi connectivity index (χ1v) is 4.84. The molecule has 0 aliphatic heterocycles. The van der Waals surface area contributed by atoms with E-state index in [-0.39, 0.29) is 12.5 Å². The average molecular weight is 186 g/mol. The number of aliphatic hydroxyl groups excluding tert-OH is 1. The predicted molar refractivity (Wildman–Crippen MR) is 50.4 cm³/mol. The molecule has 0 unspecified atom stereocenters. The molecule has 1 rings (SSSR count). The lowest BCUT2D eigenvalue weighted by molar-refractivity contribution is -0.132. The SMILES string of the molecule is CNCCC(=O)N(CCO)C1CC1. The Hall–Kier alpha value is -0.610. The van der Waals surface area contributed by atoms with Crippen LogP contribution in [-0.4, -0.2) is 48.7 Å². The highest BCUT2D eigenvalue weighted by Crippen LogP contribution is 2.26. The molecular formula is C9H18N2O2. The van der Waals surface area contributed by atoms with Crippen LogP contribution in [0.25, 0.3) is 0 Å². The van der Waals surface area contributed by atoms with E-state index in [9.17, 15) is 4.79 Å². The van der Waals surface area contributed by atoms with E-state index in [2.05, 4.69) is 5.32 Å². The fourth-order valence-corrected chi connectivity index (χ4v) is 1.38. The Labute approximate surface area is 78.9 Å². The first kappa shape index (κ1) is 10.5. The lowest BCUT2D eigenvalue weighted by Gasteiger charge is -2.21. The van der Waals surface area contributed by atoms with E-state index in [1.807, 2.05) is 7.05 Å². The van der Waals surface area contributed by atoms with Crippen molar-refractivity contribution in [3.8, 4) is 0 Å². The van der Waals surface area contributed by atoms with Crippen LogP contribution < -0.4 is 5.32 Å². The normalized spacial score (nSPS) is 15.8. The Morgan fingerprint density at radius 3 is 2.77 bits per heavy atom. The number of carbonyl (C=O) groups excluding carboxylic acids is 1. The van der Waals surface area contributed by atoms with Gasteiger partial charge in [-0.15, -0.1) is 0 Å². The van der Waals surface area contributed by atoms with Gasteiger partial charge in [-0.2, -0.15) is 0 Å². The first-order chi connectivity index (χ1) is 6.29. The third kappa shape index (κ3) is 3.32. The molecule has 0 aromatic rings. The molecule has 0 bridgehead atoms. The Morgan fingerprint density at radius 1 is 1.62 bits per heavy atom. The van der Waals surface area contributed by atoms with Crippen LogP contribution in [0.2, 0.25) is 0 Å². The molecule has 1 amide bonds. The quantitative estimate of drug-likeness (QED) is 0.592. The van der Waals surface area contributed by atoms with Gasteiger partial charge in [0.1, 0.15) is 0 Å². The van der Waals surface area contributed by atoms with Crippen molar-refractivity contribution in [2.45, 2.75) is 25.3 Å². The van der Waals surface area contributed by atoms with Gasteiger partial charge in [0.05, 0.1) is 6.61 Å². The average Bonchev–Trinajstić information content (AvgIpc) is 2.93. The molecule has 0 saturated heterocycles. The van der Waals surface area contributed by atoms with Crippen molar-refractivity contribution in [2.24, 2.45) is 0 Å². The highest BCUT2D eigenvalue weighted by molar-refractivity contribution is 5.77. The van der Waals surface area contributed by atoms with Gasteiger partial charge in [-0.25, -0.2) is 0 Å². The van der Waals surface area contributed by atoms with Gasteiger partial charge in [0.15, 0.2) is 0 Å². The fraction of sp³-hybridized carbons (Fsp3) is 0.889. The zero-order chi connectivity index (χ0) is 9.68. The van der Waals surface area contributed by atoms with E-state index in [0.717, 1.165) is 12.8 Å². The van der Waals surface area contributed by atoms with Gasteiger partial charge >= 0.3 is 0 Å². The van der Waals surface area contributed by atoms with Crippen LogP contribution in [0.4, 0.5) is 0 Å². The number of hydrogen-bond acceptors (Lipinski definition) is 3. The maximum Gasteiger partial charge on any atom is 0.224 e. The smallest absolute Gasteiger partial charge is 0.224 e. The summed E-state index contributed by atoms with van der Waals surface area (Å²) in [5.74, 6) is 0.158. The molecule has 0 aromatic carbocycles. The van der Waals surface area contributed by atoms with E-state index in [1.54, 1.807) is 4.90 Å². The molecule has 76 valence electrons. The zero-order valence-corrected chi connectivity index (χ0v) is 8.12. The standard InChI is InChI=1S/C9H18N2O2/c1-10-5-4-9(13)11(6-7-12)8-2-3-8/h8,10,12H,2-7H2,1H3. The Balaban J connectivity index is 2.29. The third-order valence-corrected chi connectivity index (χ3v) is 2.24. The van der Waals surface area contributed by atoms with Crippen molar-refractivity contribution < 1.29 is 9.90 Å². The van der Waals surface area contributed by atoms with Gasteiger partial charge in [-0.3, -0.25) is 4.79 Å². The number of hydrogen-bond donors (Lipinski definition) is 2.